The van der Waals surface area contributed by atoms with Crippen LogP contribution in [0.1, 0.15) is 43.4 Å². The quantitative estimate of drug-likeness (QED) is 0.766. The Morgan fingerprint density at radius 3 is 2.79 bits per heavy atom. The minimum absolute atomic E-state index is 0.0708. The summed E-state index contributed by atoms with van der Waals surface area (Å²) in [5.41, 5.74) is 1.30. The predicted octanol–water partition coefficient (Wildman–Crippen LogP) is 2.89. The zero-order valence-corrected chi connectivity index (χ0v) is 16.9. The first kappa shape index (κ1) is 18.8. The highest BCUT2D eigenvalue weighted by Gasteiger charge is 2.35. The van der Waals surface area contributed by atoms with E-state index in [9.17, 15) is 4.79 Å². The van der Waals surface area contributed by atoms with Crippen LogP contribution in [-0.2, 0) is 17.8 Å². The molecule has 0 saturated carbocycles. The van der Waals surface area contributed by atoms with Gasteiger partial charge in [-0.2, -0.15) is 5.10 Å². The van der Waals surface area contributed by atoms with Crippen molar-refractivity contribution in [2.45, 2.75) is 53.0 Å². The van der Waals surface area contributed by atoms with E-state index in [1.165, 1.54) is 5.56 Å². The minimum atomic E-state index is 0.0708. The minimum Gasteiger partial charge on any atom is -0.454 e. The number of fused-ring (bicyclic) bond motifs is 1. The van der Waals surface area contributed by atoms with Crippen LogP contribution < -0.4 is 9.47 Å². The van der Waals surface area contributed by atoms with E-state index in [4.69, 9.17) is 9.47 Å². The lowest BCUT2D eigenvalue weighted by Crippen LogP contribution is -2.46. The maximum Gasteiger partial charge on any atom is 0.231 e. The summed E-state index contributed by atoms with van der Waals surface area (Å²) in [5, 5.41) is 4.40. The number of hydrogen-bond donors (Lipinski definition) is 0. The zero-order valence-electron chi connectivity index (χ0n) is 16.9. The lowest BCUT2D eigenvalue weighted by Gasteiger charge is -2.40. The normalized spacial score (nSPS) is 21.4. The smallest absolute Gasteiger partial charge is 0.231 e. The molecule has 2 aliphatic rings. The fraction of sp³-hybridized carbons (Fsp3) is 0.571. The van der Waals surface area contributed by atoms with Crippen molar-refractivity contribution in [2.75, 3.05) is 19.9 Å². The number of piperidine rings is 1. The number of benzene rings is 1. The standard InChI is InChI=1S/C21H28N4O3/c1-15-22-16(2)25(23-15)10-4-9-24-13-21(3,8-7-20(24)26)12-17-5-6-18-19(11-17)28-14-27-18/h5-6,11H,4,7-10,12-14H2,1-3H3/t21-/m0/s1. The lowest BCUT2D eigenvalue weighted by molar-refractivity contribution is -0.137. The van der Waals surface area contributed by atoms with Gasteiger partial charge in [0.1, 0.15) is 11.6 Å². The van der Waals surface area contributed by atoms with E-state index in [-0.39, 0.29) is 11.3 Å². The third-order valence-electron chi connectivity index (χ3n) is 5.70. The first-order chi connectivity index (χ1) is 13.4. The van der Waals surface area contributed by atoms with Gasteiger partial charge in [0.25, 0.3) is 0 Å². The maximum atomic E-state index is 12.5. The van der Waals surface area contributed by atoms with Gasteiger partial charge in [-0.1, -0.05) is 13.0 Å². The van der Waals surface area contributed by atoms with Gasteiger partial charge in [-0.05, 0) is 56.2 Å². The number of amides is 1. The summed E-state index contributed by atoms with van der Waals surface area (Å²) in [4.78, 5) is 18.8. The van der Waals surface area contributed by atoms with E-state index in [2.05, 4.69) is 29.1 Å². The van der Waals surface area contributed by atoms with Crippen molar-refractivity contribution in [3.63, 3.8) is 0 Å². The molecule has 0 aliphatic carbocycles. The van der Waals surface area contributed by atoms with Crippen LogP contribution in [0.3, 0.4) is 0 Å². The number of likely N-dealkylation sites (tertiary alicyclic amines) is 1. The molecular formula is C21H28N4O3. The van der Waals surface area contributed by atoms with E-state index < -0.39 is 0 Å². The molecule has 3 heterocycles. The van der Waals surface area contributed by atoms with Gasteiger partial charge in [-0.3, -0.25) is 9.48 Å². The Hall–Kier alpha value is -2.57. The third kappa shape index (κ3) is 3.98. The molecule has 0 bridgehead atoms. The summed E-state index contributed by atoms with van der Waals surface area (Å²) in [7, 11) is 0. The molecular weight excluding hydrogens is 356 g/mol. The summed E-state index contributed by atoms with van der Waals surface area (Å²) >= 11 is 0. The van der Waals surface area contributed by atoms with Gasteiger partial charge in [0.05, 0.1) is 0 Å². The fourth-order valence-electron chi connectivity index (χ4n) is 4.27. The highest BCUT2D eigenvalue weighted by Crippen LogP contribution is 2.37. The Morgan fingerprint density at radius 2 is 2.00 bits per heavy atom. The summed E-state index contributed by atoms with van der Waals surface area (Å²) in [5.74, 6) is 3.61. The summed E-state index contributed by atoms with van der Waals surface area (Å²) < 4.78 is 12.8. The molecule has 1 atom stereocenters. The fourth-order valence-corrected chi connectivity index (χ4v) is 4.27. The van der Waals surface area contributed by atoms with Crippen LogP contribution in [0.15, 0.2) is 18.2 Å². The number of aryl methyl sites for hydroxylation is 3. The van der Waals surface area contributed by atoms with E-state index in [0.717, 1.165) is 62.0 Å². The maximum absolute atomic E-state index is 12.5. The second-order valence-corrected chi connectivity index (χ2v) is 8.27. The molecule has 1 aromatic heterocycles. The van der Waals surface area contributed by atoms with Crippen LogP contribution in [0.2, 0.25) is 0 Å². The molecule has 28 heavy (non-hydrogen) atoms. The Labute approximate surface area is 165 Å². The number of rotatable bonds is 6. The Kier molecular flexibility index (Phi) is 5.00. The van der Waals surface area contributed by atoms with Gasteiger partial charge >= 0.3 is 0 Å². The van der Waals surface area contributed by atoms with E-state index >= 15 is 0 Å². The molecule has 0 N–H and O–H groups in total. The number of carbonyl (C=O) groups is 1. The molecule has 2 aliphatic heterocycles. The molecule has 7 heteroatoms. The molecule has 150 valence electrons. The largest absolute Gasteiger partial charge is 0.454 e. The Balaban J connectivity index is 1.36. The third-order valence-corrected chi connectivity index (χ3v) is 5.70. The van der Waals surface area contributed by atoms with Crippen LogP contribution in [0, 0.1) is 19.3 Å². The average Bonchev–Trinajstić information content (AvgIpc) is 3.23. The molecule has 1 aromatic carbocycles. The zero-order chi connectivity index (χ0) is 19.7. The highest BCUT2D eigenvalue weighted by molar-refractivity contribution is 5.77. The van der Waals surface area contributed by atoms with Crippen molar-refractivity contribution in [1.29, 1.82) is 0 Å². The topological polar surface area (TPSA) is 69.5 Å². The summed E-state index contributed by atoms with van der Waals surface area (Å²) in [6.07, 6.45) is 3.34. The van der Waals surface area contributed by atoms with Gasteiger partial charge in [-0.15, -0.1) is 0 Å². The second-order valence-electron chi connectivity index (χ2n) is 8.27. The van der Waals surface area contributed by atoms with Gasteiger partial charge in [0, 0.05) is 26.1 Å². The van der Waals surface area contributed by atoms with Crippen LogP contribution in [0.4, 0.5) is 0 Å². The molecule has 1 amide bonds. The van der Waals surface area contributed by atoms with Crippen LogP contribution in [0.5, 0.6) is 11.5 Å². The van der Waals surface area contributed by atoms with Gasteiger partial charge in [0.2, 0.25) is 12.7 Å². The molecule has 0 radical (unpaired) electrons. The molecule has 7 nitrogen and oxygen atoms in total. The van der Waals surface area contributed by atoms with Crippen molar-refractivity contribution in [2.24, 2.45) is 5.41 Å². The van der Waals surface area contributed by atoms with Crippen molar-refractivity contribution < 1.29 is 14.3 Å². The SMILES string of the molecule is Cc1nc(C)n(CCCN2C[C@](C)(Cc3ccc4c(c3)OCO4)CCC2=O)n1. The van der Waals surface area contributed by atoms with Crippen molar-refractivity contribution in [1.82, 2.24) is 19.7 Å². The van der Waals surface area contributed by atoms with Crippen LogP contribution in [-0.4, -0.2) is 45.5 Å². The molecule has 0 unspecified atom stereocenters. The van der Waals surface area contributed by atoms with Crippen molar-refractivity contribution >= 4 is 5.91 Å². The highest BCUT2D eigenvalue weighted by atomic mass is 16.7. The first-order valence-electron chi connectivity index (χ1n) is 9.96. The van der Waals surface area contributed by atoms with Gasteiger partial charge in [-0.25, -0.2) is 4.98 Å². The molecule has 1 saturated heterocycles. The number of nitrogens with zero attached hydrogens (tertiary/aromatic N) is 4. The predicted molar refractivity (Wildman–Crippen MR) is 104 cm³/mol. The van der Waals surface area contributed by atoms with Crippen LogP contribution >= 0.6 is 0 Å². The summed E-state index contributed by atoms with van der Waals surface area (Å²) in [6, 6.07) is 6.16. The van der Waals surface area contributed by atoms with Gasteiger partial charge in [0.15, 0.2) is 11.5 Å². The van der Waals surface area contributed by atoms with Gasteiger partial charge < -0.3 is 14.4 Å². The first-order valence-corrected chi connectivity index (χ1v) is 9.96. The van der Waals surface area contributed by atoms with Crippen LogP contribution in [0.25, 0.3) is 0 Å². The average molecular weight is 384 g/mol. The number of ether oxygens (including phenoxy) is 2. The number of hydrogen-bond acceptors (Lipinski definition) is 5. The molecule has 2 aromatic rings. The lowest BCUT2D eigenvalue weighted by atomic mass is 9.76. The van der Waals surface area contributed by atoms with Crippen molar-refractivity contribution in [3.05, 3.63) is 35.4 Å². The van der Waals surface area contributed by atoms with Crippen molar-refractivity contribution in [3.8, 4) is 11.5 Å². The molecule has 1 fully saturated rings. The Morgan fingerprint density at radius 1 is 1.18 bits per heavy atom. The van der Waals surface area contributed by atoms with E-state index in [0.29, 0.717) is 13.2 Å². The van der Waals surface area contributed by atoms with E-state index in [1.807, 2.05) is 29.5 Å². The molecule has 0 spiro atoms. The number of carbonyl (C=O) groups excluding carboxylic acids is 1. The summed E-state index contributed by atoms with van der Waals surface area (Å²) in [6.45, 7) is 8.78. The van der Waals surface area contributed by atoms with E-state index in [1.54, 1.807) is 0 Å². The molecule has 4 rings (SSSR count). The monoisotopic (exact) mass is 384 g/mol. The number of aromatic nitrogens is 3. The second kappa shape index (κ2) is 7.45. The Bertz CT molecular complexity index is 879.